The van der Waals surface area contributed by atoms with Gasteiger partial charge in [0, 0.05) is 18.5 Å². The Hall–Kier alpha value is -2.27. The molecule has 0 radical (unpaired) electrons. The first-order valence-electron chi connectivity index (χ1n) is 10.8. The summed E-state index contributed by atoms with van der Waals surface area (Å²) >= 11 is 0. The lowest BCUT2D eigenvalue weighted by atomic mass is 9.81. The standard InChI is InChI=1S/C19H20FNO3/c20-15-3-1-13(2-4-15)17-7-8-21-10-14(17)11-22-16-5-6-18-19(9-16)24-12-23-18/h1-6,9,14,17,21H,7-8,10-12H2/t14-,17-/m0/s1/i1D,2D,3D,4D,12D2. The van der Waals surface area contributed by atoms with Crippen molar-refractivity contribution in [1.82, 2.24) is 5.32 Å². The van der Waals surface area contributed by atoms with Gasteiger partial charge in [0.25, 0.3) is 0 Å². The van der Waals surface area contributed by atoms with Gasteiger partial charge in [-0.1, -0.05) is 12.1 Å². The minimum atomic E-state index is -2.22. The first-order chi connectivity index (χ1) is 14.2. The van der Waals surface area contributed by atoms with Gasteiger partial charge in [-0.15, -0.1) is 0 Å². The first-order valence-corrected chi connectivity index (χ1v) is 7.79. The van der Waals surface area contributed by atoms with Gasteiger partial charge in [-0.05, 0) is 48.7 Å². The number of piperidine rings is 1. The average Bonchev–Trinajstić information content (AvgIpc) is 3.03. The third-order valence-corrected chi connectivity index (χ3v) is 4.27. The van der Waals surface area contributed by atoms with E-state index in [0.717, 1.165) is 0 Å². The minimum absolute atomic E-state index is 0.173. The fourth-order valence-corrected chi connectivity index (χ4v) is 3.03. The van der Waals surface area contributed by atoms with Crippen molar-refractivity contribution in [2.24, 2.45) is 5.92 Å². The second-order valence-electron chi connectivity index (χ2n) is 5.79. The number of ether oxygens (including phenoxy) is 3. The molecule has 2 aliphatic rings. The van der Waals surface area contributed by atoms with E-state index >= 15 is 0 Å². The number of halogens is 1. The zero-order valence-electron chi connectivity index (χ0n) is 18.8. The van der Waals surface area contributed by atoms with E-state index in [2.05, 4.69) is 5.32 Å². The Balaban J connectivity index is 1.55. The van der Waals surface area contributed by atoms with Gasteiger partial charge in [-0.3, -0.25) is 0 Å². The van der Waals surface area contributed by atoms with Crippen molar-refractivity contribution in [3.63, 3.8) is 0 Å². The van der Waals surface area contributed by atoms with Crippen molar-refractivity contribution >= 4 is 0 Å². The summed E-state index contributed by atoms with van der Waals surface area (Å²) in [4.78, 5) is 0. The monoisotopic (exact) mass is 335 g/mol. The van der Waals surface area contributed by atoms with Crippen molar-refractivity contribution in [2.45, 2.75) is 12.3 Å². The van der Waals surface area contributed by atoms with Crippen LogP contribution in [0.25, 0.3) is 0 Å². The molecule has 0 amide bonds. The Bertz CT molecular complexity index is 960. The number of fused-ring (bicyclic) bond motifs is 1. The number of nitrogens with one attached hydrogen (secondary N) is 1. The van der Waals surface area contributed by atoms with Crippen molar-refractivity contribution in [1.29, 1.82) is 0 Å². The zero-order chi connectivity index (χ0) is 21.6. The molecule has 0 aromatic heterocycles. The van der Waals surface area contributed by atoms with Gasteiger partial charge in [0.05, 0.1) is 12.1 Å². The van der Waals surface area contributed by atoms with E-state index in [1.807, 2.05) is 0 Å². The fraction of sp³-hybridized carbons (Fsp3) is 0.368. The summed E-state index contributed by atoms with van der Waals surface area (Å²) in [6.45, 7) is -0.841. The molecule has 2 heterocycles. The lowest BCUT2D eigenvalue weighted by Gasteiger charge is -2.32. The molecule has 126 valence electrons. The van der Waals surface area contributed by atoms with Gasteiger partial charge in [-0.2, -0.15) is 0 Å². The first kappa shape index (κ1) is 9.89. The fourth-order valence-electron chi connectivity index (χ4n) is 3.03. The molecule has 4 rings (SSSR count). The predicted molar refractivity (Wildman–Crippen MR) is 88.2 cm³/mol. The van der Waals surface area contributed by atoms with Crippen LogP contribution in [-0.4, -0.2) is 26.4 Å². The topological polar surface area (TPSA) is 39.7 Å². The minimum Gasteiger partial charge on any atom is -0.493 e. The van der Waals surface area contributed by atoms with Crippen molar-refractivity contribution in [3.05, 3.63) is 53.7 Å². The molecule has 4 nitrogen and oxygen atoms in total. The number of benzene rings is 2. The molecule has 0 aliphatic carbocycles. The molecule has 1 N–H and O–H groups in total. The summed E-state index contributed by atoms with van der Waals surface area (Å²) in [5.41, 5.74) is 0.209. The van der Waals surface area contributed by atoms with Gasteiger partial charge in [-0.25, -0.2) is 4.39 Å². The SMILES string of the molecule is [2H]c1c([2H])c([C@@H]2CCNC[C@H]2COc2ccc3c(c2)OC([2H])([2H])O3)c([2H])c([2H])c1F. The number of rotatable bonds is 4. The van der Waals surface area contributed by atoms with Crippen LogP contribution in [0.4, 0.5) is 4.39 Å². The summed E-state index contributed by atoms with van der Waals surface area (Å²) in [5, 5.41) is 3.24. The predicted octanol–water partition coefficient (Wildman–Crippen LogP) is 3.33. The molecule has 2 aromatic rings. The Morgan fingerprint density at radius 2 is 2.08 bits per heavy atom. The second-order valence-corrected chi connectivity index (χ2v) is 5.79. The highest BCUT2D eigenvalue weighted by molar-refractivity contribution is 5.46. The van der Waals surface area contributed by atoms with E-state index in [1.165, 1.54) is 6.07 Å². The van der Waals surface area contributed by atoms with E-state index in [9.17, 15) is 4.39 Å². The second kappa shape index (κ2) is 6.69. The number of hydrogen-bond donors (Lipinski definition) is 1. The van der Waals surface area contributed by atoms with Crippen LogP contribution in [0.5, 0.6) is 17.2 Å². The maximum Gasteiger partial charge on any atom is 0.231 e. The third kappa shape index (κ3) is 3.17. The van der Waals surface area contributed by atoms with Crippen LogP contribution in [0.15, 0.2) is 42.4 Å². The molecule has 24 heavy (non-hydrogen) atoms. The summed E-state index contributed by atoms with van der Waals surface area (Å²) in [6.07, 6.45) is 0.567. The molecule has 2 aliphatic heterocycles. The molecule has 5 heteroatoms. The van der Waals surface area contributed by atoms with Crippen LogP contribution in [0.2, 0.25) is 0 Å². The van der Waals surface area contributed by atoms with Crippen LogP contribution >= 0.6 is 0 Å². The highest BCUT2D eigenvalue weighted by Gasteiger charge is 2.27. The summed E-state index contributed by atoms with van der Waals surface area (Å²) in [6, 6.07) is 2.69. The molecule has 1 fully saturated rings. The highest BCUT2D eigenvalue weighted by atomic mass is 19.1. The molecule has 0 saturated carbocycles. The van der Waals surface area contributed by atoms with Gasteiger partial charge in [0.1, 0.15) is 14.3 Å². The van der Waals surface area contributed by atoms with Gasteiger partial charge in [0.15, 0.2) is 11.5 Å². The van der Waals surface area contributed by atoms with E-state index in [-0.39, 0.29) is 47.6 Å². The van der Waals surface area contributed by atoms with E-state index in [4.69, 9.17) is 22.4 Å². The molecule has 0 unspecified atom stereocenters. The Labute approximate surface area is 149 Å². The van der Waals surface area contributed by atoms with E-state index in [1.54, 1.807) is 12.1 Å². The lowest BCUT2D eigenvalue weighted by Crippen LogP contribution is -2.38. The maximum absolute atomic E-state index is 13.9. The summed E-state index contributed by atoms with van der Waals surface area (Å²) < 4.78 is 76.8. The molecular weight excluding hydrogens is 309 g/mol. The normalized spacial score (nSPS) is 28.0. The molecule has 2 aromatic carbocycles. The van der Waals surface area contributed by atoms with E-state index < -0.39 is 24.6 Å². The van der Waals surface area contributed by atoms with Crippen LogP contribution in [0, 0.1) is 11.7 Å². The van der Waals surface area contributed by atoms with E-state index in [0.29, 0.717) is 25.3 Å². The third-order valence-electron chi connectivity index (χ3n) is 4.27. The highest BCUT2D eigenvalue weighted by Crippen LogP contribution is 2.36. The van der Waals surface area contributed by atoms with Gasteiger partial charge >= 0.3 is 0 Å². The largest absolute Gasteiger partial charge is 0.493 e. The smallest absolute Gasteiger partial charge is 0.231 e. The average molecular weight is 335 g/mol. The molecule has 0 spiro atoms. The number of hydrogen-bond acceptors (Lipinski definition) is 4. The zero-order valence-corrected chi connectivity index (χ0v) is 12.8. The quantitative estimate of drug-likeness (QED) is 0.930. The lowest BCUT2D eigenvalue weighted by molar-refractivity contribution is 0.173. The van der Waals surface area contributed by atoms with Gasteiger partial charge in [0.2, 0.25) is 6.75 Å². The molecule has 0 bridgehead atoms. The molecule has 1 saturated heterocycles. The van der Waals surface area contributed by atoms with Gasteiger partial charge < -0.3 is 19.5 Å². The van der Waals surface area contributed by atoms with Crippen LogP contribution in [-0.2, 0) is 0 Å². The van der Waals surface area contributed by atoms with Crippen LogP contribution in [0.3, 0.4) is 0 Å². The molecular formula is C19H20FNO3. The van der Waals surface area contributed by atoms with Crippen LogP contribution < -0.4 is 19.5 Å². The Kier molecular flexibility index (Phi) is 2.76. The van der Waals surface area contributed by atoms with Crippen molar-refractivity contribution in [3.8, 4) is 17.2 Å². The maximum atomic E-state index is 13.9. The van der Waals surface area contributed by atoms with Crippen LogP contribution in [0.1, 0.15) is 26.1 Å². The molecule has 2 atom stereocenters. The van der Waals surface area contributed by atoms with Crippen molar-refractivity contribution < 1.29 is 26.8 Å². The Morgan fingerprint density at radius 1 is 1.25 bits per heavy atom. The Morgan fingerprint density at radius 3 is 2.96 bits per heavy atom. The summed E-state index contributed by atoms with van der Waals surface area (Å²) in [7, 11) is 0. The summed E-state index contributed by atoms with van der Waals surface area (Å²) in [5.74, 6) is -0.696. The van der Waals surface area contributed by atoms with Crippen molar-refractivity contribution in [2.75, 3.05) is 26.4 Å².